The number of pyridine rings is 1. The quantitative estimate of drug-likeness (QED) is 0.364. The van der Waals surface area contributed by atoms with E-state index in [0.717, 1.165) is 33.0 Å². The molecule has 4 rings (SSSR count). The number of nitrogens with two attached hydrogens (primary N) is 1. The van der Waals surface area contributed by atoms with Crippen LogP contribution in [0.25, 0.3) is 10.8 Å². The Hall–Kier alpha value is -4.03. The van der Waals surface area contributed by atoms with Crippen LogP contribution in [0.5, 0.6) is 0 Å². The van der Waals surface area contributed by atoms with Gasteiger partial charge in [0.25, 0.3) is 0 Å². The summed E-state index contributed by atoms with van der Waals surface area (Å²) in [4.78, 5) is 29.7. The monoisotopic (exact) mass is 468 g/mol. The predicted molar refractivity (Wildman–Crippen MR) is 138 cm³/mol. The Morgan fingerprint density at radius 1 is 1.03 bits per heavy atom. The first-order valence-corrected chi connectivity index (χ1v) is 11.5. The van der Waals surface area contributed by atoms with Crippen LogP contribution < -0.4 is 11.1 Å². The van der Waals surface area contributed by atoms with E-state index in [1.165, 1.54) is 0 Å². The number of hydrogen-bond donors (Lipinski definition) is 2. The van der Waals surface area contributed by atoms with E-state index in [1.807, 2.05) is 56.3 Å². The van der Waals surface area contributed by atoms with Gasteiger partial charge in [-0.2, -0.15) is 0 Å². The lowest BCUT2D eigenvalue weighted by Crippen LogP contribution is -2.27. The van der Waals surface area contributed by atoms with E-state index in [4.69, 9.17) is 11.8 Å². The molecule has 178 valence electrons. The molecule has 35 heavy (non-hydrogen) atoms. The van der Waals surface area contributed by atoms with Crippen LogP contribution in [-0.4, -0.2) is 23.4 Å². The van der Waals surface area contributed by atoms with Gasteiger partial charge < -0.3 is 15.8 Å². The minimum Gasteiger partial charge on any atom is -0.457 e. The molecule has 4 aromatic rings. The molecule has 1 atom stereocenters. The van der Waals surface area contributed by atoms with E-state index in [0.29, 0.717) is 23.0 Å². The number of anilines is 1. The number of ether oxygens (including phenoxy) is 1. The summed E-state index contributed by atoms with van der Waals surface area (Å²) >= 11 is 0. The Labute approximate surface area is 206 Å². The molecule has 1 aromatic heterocycles. The van der Waals surface area contributed by atoms with Crippen LogP contribution in [0.1, 0.15) is 45.6 Å². The van der Waals surface area contributed by atoms with Crippen LogP contribution in [0, 0.1) is 20.8 Å². The van der Waals surface area contributed by atoms with Gasteiger partial charge in [0.2, 0.25) is 5.91 Å². The minimum absolute atomic E-state index is 0.132. The van der Waals surface area contributed by atoms with Crippen molar-refractivity contribution in [3.63, 3.8) is 0 Å². The molecule has 3 aromatic carbocycles. The van der Waals surface area contributed by atoms with Crippen LogP contribution in [0.3, 0.4) is 0 Å². The number of carbonyl (C=O) groups is 2. The molecule has 0 bridgehead atoms. The van der Waals surface area contributed by atoms with Crippen molar-refractivity contribution in [2.75, 3.05) is 11.9 Å². The van der Waals surface area contributed by atoms with Crippen molar-refractivity contribution in [2.24, 2.45) is 5.73 Å². The summed E-state index contributed by atoms with van der Waals surface area (Å²) in [6.07, 6.45) is 1.72. The van der Waals surface area contributed by atoms with E-state index in [1.54, 1.807) is 31.3 Å². The van der Waals surface area contributed by atoms with Gasteiger partial charge in [-0.15, -0.1) is 0 Å². The number of esters is 1. The Bertz CT molecular complexity index is 1430. The zero-order valence-corrected chi connectivity index (χ0v) is 20.1. The average molecular weight is 469 g/mol. The zero-order chi connectivity index (χ0) is 25.8. The maximum absolute atomic E-state index is 13.0. The molecular formula is C29H29N3O3. The van der Waals surface area contributed by atoms with Crippen LogP contribution >= 0.6 is 0 Å². The predicted octanol–water partition coefficient (Wildman–Crippen LogP) is 5.20. The second-order valence-corrected chi connectivity index (χ2v) is 8.68. The van der Waals surface area contributed by atoms with Gasteiger partial charge >= 0.3 is 5.97 Å². The van der Waals surface area contributed by atoms with Gasteiger partial charge in [-0.05, 0) is 67.1 Å². The summed E-state index contributed by atoms with van der Waals surface area (Å²) in [7, 11) is 0. The number of carbonyl (C=O) groups excluding carboxylic acids is 2. The number of amides is 1. The minimum atomic E-state index is -0.554. The van der Waals surface area contributed by atoms with Crippen molar-refractivity contribution >= 4 is 28.3 Å². The van der Waals surface area contributed by atoms with Crippen molar-refractivity contribution < 1.29 is 15.7 Å². The molecular weight excluding hydrogens is 438 g/mol. The summed E-state index contributed by atoms with van der Waals surface area (Å²) in [5, 5.41) is 4.49. The van der Waals surface area contributed by atoms with E-state index in [-0.39, 0.29) is 25.0 Å². The Morgan fingerprint density at radius 2 is 1.80 bits per heavy atom. The summed E-state index contributed by atoms with van der Waals surface area (Å²) < 4.78 is 13.7. The zero-order valence-electron chi connectivity index (χ0n) is 21.1. The normalized spacial score (nSPS) is 12.2. The molecule has 0 saturated heterocycles. The first-order valence-electron chi connectivity index (χ1n) is 12.0. The summed E-state index contributed by atoms with van der Waals surface area (Å²) in [5.41, 5.74) is 11.3. The number of nitrogens with one attached hydrogen (secondary N) is 1. The molecule has 6 heteroatoms. The highest BCUT2D eigenvalue weighted by Gasteiger charge is 2.19. The summed E-state index contributed by atoms with van der Waals surface area (Å²) in [5.74, 6) is -1.15. The molecule has 0 radical (unpaired) electrons. The van der Waals surface area contributed by atoms with E-state index in [2.05, 4.69) is 10.3 Å². The van der Waals surface area contributed by atoms with E-state index >= 15 is 0 Å². The number of nitrogens with zero attached hydrogens (tertiary/aromatic N) is 1. The summed E-state index contributed by atoms with van der Waals surface area (Å²) in [6, 6.07) is 18.7. The fourth-order valence-corrected chi connectivity index (χ4v) is 3.99. The Kier molecular flexibility index (Phi) is 6.82. The van der Waals surface area contributed by atoms with Gasteiger partial charge in [-0.1, -0.05) is 48.0 Å². The fourth-order valence-electron chi connectivity index (χ4n) is 3.99. The molecule has 0 unspecified atom stereocenters. The van der Waals surface area contributed by atoms with Crippen LogP contribution in [0.15, 0.2) is 72.9 Å². The SMILES string of the molecule is [2H]c1c(C)ncc2ccc(NC(=O)[C@H](CN)c3ccc(COC(=O)c4ccc(C)cc4C)cc3)cc12. The molecule has 1 amide bonds. The van der Waals surface area contributed by atoms with Gasteiger partial charge in [0.15, 0.2) is 0 Å². The van der Waals surface area contributed by atoms with Crippen molar-refractivity contribution in [3.8, 4) is 0 Å². The molecule has 6 nitrogen and oxygen atoms in total. The third-order valence-electron chi connectivity index (χ3n) is 5.94. The number of benzene rings is 3. The second kappa shape index (κ2) is 10.5. The molecule has 0 aliphatic heterocycles. The smallest absolute Gasteiger partial charge is 0.338 e. The van der Waals surface area contributed by atoms with Gasteiger partial charge in [0, 0.05) is 29.5 Å². The number of hydrogen-bond acceptors (Lipinski definition) is 5. The van der Waals surface area contributed by atoms with E-state index in [9.17, 15) is 9.59 Å². The van der Waals surface area contributed by atoms with Crippen LogP contribution in [0.2, 0.25) is 0 Å². The first kappa shape index (κ1) is 22.7. The molecule has 0 fully saturated rings. The highest BCUT2D eigenvalue weighted by molar-refractivity contribution is 5.98. The molecule has 3 N–H and O–H groups in total. The van der Waals surface area contributed by atoms with Gasteiger partial charge in [-0.3, -0.25) is 9.78 Å². The lowest BCUT2D eigenvalue weighted by Gasteiger charge is -2.16. The summed E-state index contributed by atoms with van der Waals surface area (Å²) in [6.45, 7) is 5.91. The molecule has 1 heterocycles. The molecule has 0 aliphatic carbocycles. The first-order chi connectivity index (χ1) is 17.3. The van der Waals surface area contributed by atoms with Crippen molar-refractivity contribution in [2.45, 2.75) is 33.3 Å². The highest BCUT2D eigenvalue weighted by atomic mass is 16.5. The lowest BCUT2D eigenvalue weighted by atomic mass is 9.97. The topological polar surface area (TPSA) is 94.3 Å². The molecule has 0 aliphatic rings. The number of aromatic nitrogens is 1. The van der Waals surface area contributed by atoms with Crippen molar-refractivity contribution in [1.82, 2.24) is 4.98 Å². The highest BCUT2D eigenvalue weighted by Crippen LogP contribution is 2.23. The van der Waals surface area contributed by atoms with Gasteiger partial charge in [0.1, 0.15) is 6.61 Å². The van der Waals surface area contributed by atoms with Crippen LogP contribution in [-0.2, 0) is 16.1 Å². The second-order valence-electron chi connectivity index (χ2n) is 8.68. The Morgan fingerprint density at radius 3 is 2.51 bits per heavy atom. The number of fused-ring (bicyclic) bond motifs is 1. The number of rotatable bonds is 7. The number of aryl methyl sites for hydroxylation is 3. The third-order valence-corrected chi connectivity index (χ3v) is 5.94. The molecule has 0 spiro atoms. The average Bonchev–Trinajstić information content (AvgIpc) is 2.86. The fraction of sp³-hybridized carbons (Fsp3) is 0.207. The van der Waals surface area contributed by atoms with E-state index < -0.39 is 5.92 Å². The third kappa shape index (κ3) is 5.73. The van der Waals surface area contributed by atoms with Gasteiger partial charge in [-0.25, -0.2) is 4.79 Å². The lowest BCUT2D eigenvalue weighted by molar-refractivity contribution is -0.117. The largest absolute Gasteiger partial charge is 0.457 e. The van der Waals surface area contributed by atoms with Crippen molar-refractivity contribution in [1.29, 1.82) is 0 Å². The maximum atomic E-state index is 13.0. The van der Waals surface area contributed by atoms with Crippen LogP contribution in [0.4, 0.5) is 5.69 Å². The standard InChI is InChI=1S/C29H29N3O3/c1-18-4-11-26(19(2)12-18)29(34)35-17-21-5-7-22(8-6-21)27(15-30)28(33)32-25-10-9-23-16-31-20(3)13-24(23)14-25/h4-14,16,27H,15,17,30H2,1-3H3,(H,32,33)/t27-/m1/s1/i13D. The Balaban J connectivity index is 1.42. The van der Waals surface area contributed by atoms with Crippen molar-refractivity contribution in [3.05, 3.63) is 106 Å². The maximum Gasteiger partial charge on any atom is 0.338 e. The van der Waals surface area contributed by atoms with Gasteiger partial charge in [0.05, 0.1) is 12.9 Å². The molecule has 0 saturated carbocycles.